The van der Waals surface area contributed by atoms with Gasteiger partial charge in [-0.15, -0.1) is 0 Å². The lowest BCUT2D eigenvalue weighted by Gasteiger charge is -2.38. The minimum Gasteiger partial charge on any atom is -0.427 e. The van der Waals surface area contributed by atoms with Crippen LogP contribution in [0.25, 0.3) is 0 Å². The van der Waals surface area contributed by atoms with Gasteiger partial charge in [-0.3, -0.25) is 9.59 Å². The molecule has 0 aliphatic carbocycles. The molecule has 10 heteroatoms. The Kier molecular flexibility index (Phi) is 5.96. The van der Waals surface area contributed by atoms with Crippen molar-refractivity contribution < 1.29 is 45.4 Å². The van der Waals surface area contributed by atoms with E-state index >= 15 is 0 Å². The second kappa shape index (κ2) is 7.76. The Morgan fingerprint density at radius 2 is 0.897 bits per heavy atom. The van der Waals surface area contributed by atoms with Crippen molar-refractivity contribution in [2.45, 2.75) is 31.6 Å². The molecule has 2 aromatic rings. The summed E-state index contributed by atoms with van der Waals surface area (Å²) in [5, 5.41) is 0. The summed E-state index contributed by atoms with van der Waals surface area (Å²) in [6.45, 7) is 2.07. The van der Waals surface area contributed by atoms with Crippen LogP contribution in [-0.2, 0) is 15.0 Å². The minimum absolute atomic E-state index is 0.204. The van der Waals surface area contributed by atoms with E-state index in [1.165, 1.54) is 0 Å². The first-order chi connectivity index (χ1) is 13.3. The standard InChI is InChI=1S/C19H14F6O4/c1-11(26)28-15-7-3-13(4-8-15)17(18(20,21)22,19(23,24)25)14-5-9-16(10-6-14)29-12(2)27/h3-10H,1-2H3. The van der Waals surface area contributed by atoms with Crippen LogP contribution in [0.1, 0.15) is 25.0 Å². The summed E-state index contributed by atoms with van der Waals surface area (Å²) in [6.07, 6.45) is -11.5. The molecular formula is C19H14F6O4. The lowest BCUT2D eigenvalue weighted by Crippen LogP contribution is -2.54. The first kappa shape index (κ1) is 22.3. The van der Waals surface area contributed by atoms with Gasteiger partial charge in [0, 0.05) is 13.8 Å². The van der Waals surface area contributed by atoms with Gasteiger partial charge in [0.1, 0.15) is 11.5 Å². The summed E-state index contributed by atoms with van der Waals surface area (Å²) in [5.41, 5.74) is -6.59. The number of carbonyl (C=O) groups excluding carboxylic acids is 2. The number of rotatable bonds is 4. The van der Waals surface area contributed by atoms with E-state index in [-0.39, 0.29) is 11.5 Å². The third kappa shape index (κ3) is 4.36. The van der Waals surface area contributed by atoms with E-state index in [2.05, 4.69) is 9.47 Å². The van der Waals surface area contributed by atoms with Crippen LogP contribution in [0.5, 0.6) is 11.5 Å². The number of halogens is 6. The van der Waals surface area contributed by atoms with Gasteiger partial charge in [-0.2, -0.15) is 26.3 Å². The molecule has 4 nitrogen and oxygen atoms in total. The second-order valence-electron chi connectivity index (χ2n) is 5.98. The topological polar surface area (TPSA) is 52.6 Å². The molecule has 0 N–H and O–H groups in total. The van der Waals surface area contributed by atoms with Crippen molar-refractivity contribution in [1.29, 1.82) is 0 Å². The van der Waals surface area contributed by atoms with Crippen molar-refractivity contribution in [1.82, 2.24) is 0 Å². The first-order valence-electron chi connectivity index (χ1n) is 8.00. The zero-order valence-electron chi connectivity index (χ0n) is 15.0. The average molecular weight is 420 g/mol. The highest BCUT2D eigenvalue weighted by atomic mass is 19.4. The number of hydrogen-bond donors (Lipinski definition) is 0. The molecule has 0 radical (unpaired) electrons. The Labute approximate surface area is 161 Å². The summed E-state index contributed by atoms with van der Waals surface area (Å²) in [7, 11) is 0. The van der Waals surface area contributed by atoms with Gasteiger partial charge in [0.15, 0.2) is 0 Å². The SMILES string of the molecule is CC(=O)Oc1ccc(C(c2ccc(OC(C)=O)cc2)(C(F)(F)F)C(F)(F)F)cc1. The molecule has 0 aliphatic rings. The van der Waals surface area contributed by atoms with E-state index in [1.54, 1.807) is 0 Å². The highest BCUT2D eigenvalue weighted by molar-refractivity contribution is 5.69. The molecule has 0 amide bonds. The van der Waals surface area contributed by atoms with Crippen molar-refractivity contribution in [3.05, 3.63) is 59.7 Å². The summed E-state index contributed by atoms with van der Waals surface area (Å²) < 4.78 is 93.2. The van der Waals surface area contributed by atoms with E-state index in [4.69, 9.17) is 0 Å². The molecule has 0 aromatic heterocycles. The number of hydrogen-bond acceptors (Lipinski definition) is 4. The van der Waals surface area contributed by atoms with Gasteiger partial charge in [0.2, 0.25) is 5.41 Å². The highest BCUT2D eigenvalue weighted by Crippen LogP contribution is 2.56. The maximum absolute atomic E-state index is 14.0. The van der Waals surface area contributed by atoms with Crippen LogP contribution in [0.2, 0.25) is 0 Å². The van der Waals surface area contributed by atoms with Crippen LogP contribution in [-0.4, -0.2) is 24.3 Å². The van der Waals surface area contributed by atoms with Crippen LogP contribution in [0.3, 0.4) is 0 Å². The van der Waals surface area contributed by atoms with Gasteiger partial charge in [0.25, 0.3) is 0 Å². The number of ether oxygens (including phenoxy) is 2. The van der Waals surface area contributed by atoms with Crippen molar-refractivity contribution in [3.8, 4) is 11.5 Å². The van der Waals surface area contributed by atoms with Crippen LogP contribution in [0.15, 0.2) is 48.5 Å². The van der Waals surface area contributed by atoms with Crippen molar-refractivity contribution in [3.63, 3.8) is 0 Å². The van der Waals surface area contributed by atoms with Crippen molar-refractivity contribution >= 4 is 11.9 Å². The summed E-state index contributed by atoms with van der Waals surface area (Å²) in [6, 6.07) is 5.76. The molecule has 156 valence electrons. The van der Waals surface area contributed by atoms with Crippen LogP contribution in [0, 0.1) is 0 Å². The Balaban J connectivity index is 2.69. The largest absolute Gasteiger partial charge is 0.427 e. The molecule has 0 aliphatic heterocycles. The van der Waals surface area contributed by atoms with E-state index in [1.807, 2.05) is 0 Å². The third-order valence-corrected chi connectivity index (χ3v) is 3.95. The number of benzene rings is 2. The summed E-state index contributed by atoms with van der Waals surface area (Å²) >= 11 is 0. The molecule has 0 spiro atoms. The van der Waals surface area contributed by atoms with Crippen LogP contribution < -0.4 is 9.47 Å². The smallest absolute Gasteiger partial charge is 0.411 e. The molecule has 0 fully saturated rings. The maximum Gasteiger partial charge on any atom is 0.411 e. The number of esters is 2. The molecule has 0 bridgehead atoms. The zero-order chi connectivity index (χ0) is 22.0. The maximum atomic E-state index is 14.0. The molecule has 0 saturated heterocycles. The Morgan fingerprint density at radius 1 is 0.621 bits per heavy atom. The van der Waals surface area contributed by atoms with Gasteiger partial charge in [-0.25, -0.2) is 0 Å². The Bertz CT molecular complexity index is 807. The molecule has 0 atom stereocenters. The lowest BCUT2D eigenvalue weighted by molar-refractivity contribution is -0.288. The van der Waals surface area contributed by atoms with E-state index in [9.17, 15) is 35.9 Å². The molecular weight excluding hydrogens is 406 g/mol. The third-order valence-electron chi connectivity index (χ3n) is 3.95. The molecule has 0 heterocycles. The van der Waals surface area contributed by atoms with Crippen LogP contribution >= 0.6 is 0 Å². The first-order valence-corrected chi connectivity index (χ1v) is 8.00. The predicted octanol–water partition coefficient (Wildman–Crippen LogP) is 4.95. The highest BCUT2D eigenvalue weighted by Gasteiger charge is 2.72. The number of carbonyl (C=O) groups is 2. The van der Waals surface area contributed by atoms with Crippen molar-refractivity contribution in [2.24, 2.45) is 0 Å². The van der Waals surface area contributed by atoms with Crippen molar-refractivity contribution in [2.75, 3.05) is 0 Å². The second-order valence-corrected chi connectivity index (χ2v) is 5.98. The molecule has 29 heavy (non-hydrogen) atoms. The predicted molar refractivity (Wildman–Crippen MR) is 88.4 cm³/mol. The Morgan fingerprint density at radius 3 is 1.10 bits per heavy atom. The van der Waals surface area contributed by atoms with Gasteiger partial charge in [-0.1, -0.05) is 24.3 Å². The van der Waals surface area contributed by atoms with Gasteiger partial charge >= 0.3 is 24.3 Å². The Hall–Kier alpha value is -3.04. The average Bonchev–Trinajstić information content (AvgIpc) is 2.55. The fourth-order valence-corrected chi connectivity index (χ4v) is 2.86. The van der Waals surface area contributed by atoms with Gasteiger partial charge < -0.3 is 9.47 Å². The molecule has 2 rings (SSSR count). The van der Waals surface area contributed by atoms with Crippen LogP contribution in [0.4, 0.5) is 26.3 Å². The minimum atomic E-state index is -5.77. The molecule has 0 saturated carbocycles. The fraction of sp³-hybridized carbons (Fsp3) is 0.263. The summed E-state index contributed by atoms with van der Waals surface area (Å²) in [4.78, 5) is 21.9. The normalized spacial score (nSPS) is 12.4. The quantitative estimate of drug-likeness (QED) is 0.399. The lowest BCUT2D eigenvalue weighted by atomic mass is 9.73. The van der Waals surface area contributed by atoms with Gasteiger partial charge in [-0.05, 0) is 35.4 Å². The number of alkyl halides is 6. The molecule has 2 aromatic carbocycles. The zero-order valence-corrected chi connectivity index (χ0v) is 15.0. The van der Waals surface area contributed by atoms with E-state index in [0.29, 0.717) is 24.3 Å². The van der Waals surface area contributed by atoms with E-state index in [0.717, 1.165) is 38.1 Å². The fourth-order valence-electron chi connectivity index (χ4n) is 2.86. The summed E-state index contributed by atoms with van der Waals surface area (Å²) in [5.74, 6) is -1.97. The van der Waals surface area contributed by atoms with E-state index < -0.39 is 40.8 Å². The monoisotopic (exact) mass is 420 g/mol. The molecule has 0 unspecified atom stereocenters. The van der Waals surface area contributed by atoms with Gasteiger partial charge in [0.05, 0.1) is 0 Å².